The molecule has 1 aromatic carbocycles. The van der Waals surface area contributed by atoms with Crippen LogP contribution in [0.4, 0.5) is 5.95 Å². The summed E-state index contributed by atoms with van der Waals surface area (Å²) in [6, 6.07) is 6.90. The number of rotatable bonds is 2. The van der Waals surface area contributed by atoms with E-state index in [1.165, 1.54) is 34.8 Å². The van der Waals surface area contributed by atoms with Crippen molar-refractivity contribution in [2.24, 2.45) is 0 Å². The summed E-state index contributed by atoms with van der Waals surface area (Å²) in [5.41, 5.74) is 8.40. The van der Waals surface area contributed by atoms with Crippen LogP contribution in [0.5, 0.6) is 0 Å². The summed E-state index contributed by atoms with van der Waals surface area (Å²) in [5, 5.41) is 0.660. The lowest BCUT2D eigenvalue weighted by atomic mass is 9.94. The predicted octanol–water partition coefficient (Wildman–Crippen LogP) is 4.07. The lowest BCUT2D eigenvalue weighted by Gasteiger charge is -2.32. The van der Waals surface area contributed by atoms with Crippen molar-refractivity contribution in [3.05, 3.63) is 21.8 Å². The van der Waals surface area contributed by atoms with Crippen molar-refractivity contribution >= 4 is 51.3 Å². The molecule has 0 bridgehead atoms. The first kappa shape index (κ1) is 13.5. The van der Waals surface area contributed by atoms with Gasteiger partial charge in [0.2, 0.25) is 5.95 Å². The fourth-order valence-corrected chi connectivity index (χ4v) is 4.54. The quantitative estimate of drug-likeness (QED) is 0.791. The summed E-state index contributed by atoms with van der Waals surface area (Å²) >= 11 is 4.29. The molecule has 1 aromatic heterocycles. The Morgan fingerprint density at radius 3 is 2.95 bits per heavy atom. The Balaban J connectivity index is 2.10. The zero-order valence-electron chi connectivity index (χ0n) is 11.0. The van der Waals surface area contributed by atoms with Crippen LogP contribution in [0.1, 0.15) is 31.7 Å². The van der Waals surface area contributed by atoms with Gasteiger partial charge in [-0.15, -0.1) is 0 Å². The summed E-state index contributed by atoms with van der Waals surface area (Å²) in [5.74, 6) is 0.669. The second-order valence-corrected chi connectivity index (χ2v) is 7.42. The fourth-order valence-electron chi connectivity index (χ4n) is 3.09. The maximum Gasteiger partial charge on any atom is 0.201 e. The molecule has 2 N–H and O–H groups in total. The van der Waals surface area contributed by atoms with E-state index in [2.05, 4.69) is 56.6 Å². The molecule has 1 saturated carbocycles. The zero-order chi connectivity index (χ0) is 13.4. The average Bonchev–Trinajstić information content (AvgIpc) is 2.73. The van der Waals surface area contributed by atoms with Crippen molar-refractivity contribution in [1.82, 2.24) is 9.55 Å². The maximum absolute atomic E-state index is 6.19. The number of halogens is 1. The van der Waals surface area contributed by atoms with Gasteiger partial charge in [0.25, 0.3) is 0 Å². The summed E-state index contributed by atoms with van der Waals surface area (Å²) in [6.07, 6.45) is 7.35. The standard InChI is InChI=1S/C14H18IN3S/c1-19-13-5-3-2-4-12(13)18-11-7-6-9(15)8-10(11)17-14(18)16/h6-8,12-13H,2-5H2,1H3,(H2,16,17). The van der Waals surface area contributed by atoms with Gasteiger partial charge in [0.05, 0.1) is 11.0 Å². The van der Waals surface area contributed by atoms with Gasteiger partial charge in [0.15, 0.2) is 0 Å². The van der Waals surface area contributed by atoms with E-state index in [0.29, 0.717) is 17.2 Å². The molecule has 102 valence electrons. The van der Waals surface area contributed by atoms with Gasteiger partial charge in [-0.05, 0) is 59.9 Å². The minimum absolute atomic E-state index is 0.494. The van der Waals surface area contributed by atoms with Crippen molar-refractivity contribution in [2.75, 3.05) is 12.0 Å². The first-order valence-electron chi connectivity index (χ1n) is 6.66. The van der Waals surface area contributed by atoms with Crippen LogP contribution < -0.4 is 5.73 Å². The third-order valence-electron chi connectivity index (χ3n) is 3.98. The van der Waals surface area contributed by atoms with Crippen LogP contribution in [-0.4, -0.2) is 21.1 Å². The molecular weight excluding hydrogens is 369 g/mol. The number of nitrogens with two attached hydrogens (primary N) is 1. The number of aromatic nitrogens is 2. The predicted molar refractivity (Wildman–Crippen MR) is 91.7 cm³/mol. The highest BCUT2D eigenvalue weighted by Crippen LogP contribution is 2.39. The molecule has 3 nitrogen and oxygen atoms in total. The highest BCUT2D eigenvalue weighted by Gasteiger charge is 2.28. The van der Waals surface area contributed by atoms with E-state index in [-0.39, 0.29) is 0 Å². The van der Waals surface area contributed by atoms with Gasteiger partial charge < -0.3 is 10.3 Å². The van der Waals surface area contributed by atoms with E-state index in [9.17, 15) is 0 Å². The zero-order valence-corrected chi connectivity index (χ0v) is 13.9. The number of fused-ring (bicyclic) bond motifs is 1. The average molecular weight is 387 g/mol. The maximum atomic E-state index is 6.19. The van der Waals surface area contributed by atoms with E-state index in [1.807, 2.05) is 11.8 Å². The van der Waals surface area contributed by atoms with E-state index in [0.717, 1.165) is 5.52 Å². The summed E-state index contributed by atoms with van der Waals surface area (Å²) < 4.78 is 3.48. The smallest absolute Gasteiger partial charge is 0.201 e. The van der Waals surface area contributed by atoms with Crippen LogP contribution in [0.15, 0.2) is 18.2 Å². The second kappa shape index (κ2) is 5.52. The molecule has 1 aliphatic carbocycles. The molecule has 2 aromatic rings. The van der Waals surface area contributed by atoms with Gasteiger partial charge in [0.1, 0.15) is 0 Å². The van der Waals surface area contributed by atoms with Crippen molar-refractivity contribution in [2.45, 2.75) is 37.0 Å². The van der Waals surface area contributed by atoms with Crippen LogP contribution >= 0.6 is 34.4 Å². The molecule has 0 amide bonds. The molecule has 19 heavy (non-hydrogen) atoms. The van der Waals surface area contributed by atoms with Gasteiger partial charge in [0, 0.05) is 14.9 Å². The molecular formula is C14H18IN3S. The van der Waals surface area contributed by atoms with E-state index in [4.69, 9.17) is 5.73 Å². The van der Waals surface area contributed by atoms with Crippen molar-refractivity contribution < 1.29 is 0 Å². The molecule has 0 saturated heterocycles. The van der Waals surface area contributed by atoms with Crippen LogP contribution in [0.25, 0.3) is 11.0 Å². The normalized spacial score (nSPS) is 23.9. The Kier molecular flexibility index (Phi) is 3.93. The molecule has 5 heteroatoms. The van der Waals surface area contributed by atoms with E-state index in [1.54, 1.807) is 0 Å². The minimum Gasteiger partial charge on any atom is -0.369 e. The lowest BCUT2D eigenvalue weighted by Crippen LogP contribution is -2.26. The number of anilines is 1. The number of benzene rings is 1. The highest BCUT2D eigenvalue weighted by atomic mass is 127. The van der Waals surface area contributed by atoms with Gasteiger partial charge in [-0.25, -0.2) is 4.98 Å². The largest absolute Gasteiger partial charge is 0.369 e. The van der Waals surface area contributed by atoms with Crippen molar-refractivity contribution in [3.63, 3.8) is 0 Å². The molecule has 1 fully saturated rings. The SMILES string of the molecule is CSC1CCCCC1n1c(N)nc2cc(I)ccc21. The number of thioether (sulfide) groups is 1. The number of hydrogen-bond donors (Lipinski definition) is 1. The Labute approximate surface area is 131 Å². The first-order valence-corrected chi connectivity index (χ1v) is 9.03. The van der Waals surface area contributed by atoms with Crippen LogP contribution in [-0.2, 0) is 0 Å². The van der Waals surface area contributed by atoms with Gasteiger partial charge >= 0.3 is 0 Å². The molecule has 0 aliphatic heterocycles. The molecule has 0 spiro atoms. The Morgan fingerprint density at radius 1 is 1.37 bits per heavy atom. The minimum atomic E-state index is 0.494. The fraction of sp³-hybridized carbons (Fsp3) is 0.500. The molecule has 1 heterocycles. The van der Waals surface area contributed by atoms with E-state index < -0.39 is 0 Å². The Morgan fingerprint density at radius 2 is 2.16 bits per heavy atom. The number of hydrogen-bond acceptors (Lipinski definition) is 3. The molecule has 2 unspecified atom stereocenters. The molecule has 2 atom stereocenters. The highest BCUT2D eigenvalue weighted by molar-refractivity contribution is 14.1. The number of imidazole rings is 1. The van der Waals surface area contributed by atoms with Crippen LogP contribution in [0.3, 0.4) is 0 Å². The monoisotopic (exact) mass is 387 g/mol. The summed E-state index contributed by atoms with van der Waals surface area (Å²) in [6.45, 7) is 0. The van der Waals surface area contributed by atoms with Crippen molar-refractivity contribution in [1.29, 1.82) is 0 Å². The van der Waals surface area contributed by atoms with Crippen LogP contribution in [0, 0.1) is 3.57 Å². The topological polar surface area (TPSA) is 43.8 Å². The van der Waals surface area contributed by atoms with Crippen LogP contribution in [0.2, 0.25) is 0 Å². The Hall–Kier alpha value is -0.430. The lowest BCUT2D eigenvalue weighted by molar-refractivity contribution is 0.374. The van der Waals surface area contributed by atoms with Gasteiger partial charge in [-0.2, -0.15) is 11.8 Å². The van der Waals surface area contributed by atoms with Gasteiger partial charge in [-0.1, -0.05) is 12.8 Å². The number of nitrogens with zero attached hydrogens (tertiary/aromatic N) is 2. The number of nitrogen functional groups attached to an aromatic ring is 1. The summed E-state index contributed by atoms with van der Waals surface area (Å²) in [4.78, 5) is 4.54. The summed E-state index contributed by atoms with van der Waals surface area (Å²) in [7, 11) is 0. The third kappa shape index (κ3) is 2.46. The first-order chi connectivity index (χ1) is 9.20. The Bertz CT molecular complexity index is 596. The third-order valence-corrected chi connectivity index (χ3v) is 5.81. The van der Waals surface area contributed by atoms with Crippen molar-refractivity contribution in [3.8, 4) is 0 Å². The second-order valence-electron chi connectivity index (χ2n) is 5.10. The molecule has 0 radical (unpaired) electrons. The molecule has 3 rings (SSSR count). The molecule has 1 aliphatic rings. The van der Waals surface area contributed by atoms with Gasteiger partial charge in [-0.3, -0.25) is 0 Å². The van der Waals surface area contributed by atoms with E-state index >= 15 is 0 Å².